The average molecular weight is 255 g/mol. The van der Waals surface area contributed by atoms with Gasteiger partial charge in [0.2, 0.25) is 0 Å². The summed E-state index contributed by atoms with van der Waals surface area (Å²) in [6, 6.07) is 3.75. The summed E-state index contributed by atoms with van der Waals surface area (Å²) in [5.41, 5.74) is 7.66. The number of aromatic nitrogens is 1. The van der Waals surface area contributed by atoms with Gasteiger partial charge in [-0.05, 0) is 24.6 Å². The Kier molecular flexibility index (Phi) is 3.03. The number of ether oxygens (including phenoxy) is 1. The molecular formula is C11H11ClN2OS. The standard InChI is InChI=1S/C11H11ClN2OS/c1-6-3-9(15-2)8(12)4-7(6)11-14-10(13)5-16-11/h3-5H,13H2,1-2H3. The van der Waals surface area contributed by atoms with Crippen LogP contribution in [0.2, 0.25) is 5.02 Å². The lowest BCUT2D eigenvalue weighted by molar-refractivity contribution is 0.415. The van der Waals surface area contributed by atoms with Gasteiger partial charge in [-0.2, -0.15) is 0 Å². The van der Waals surface area contributed by atoms with E-state index in [2.05, 4.69) is 4.98 Å². The normalized spacial score (nSPS) is 10.4. The van der Waals surface area contributed by atoms with E-state index in [4.69, 9.17) is 22.1 Å². The van der Waals surface area contributed by atoms with Crippen molar-refractivity contribution < 1.29 is 4.74 Å². The van der Waals surface area contributed by atoms with Gasteiger partial charge in [0.05, 0.1) is 12.1 Å². The largest absolute Gasteiger partial charge is 0.495 e. The summed E-state index contributed by atoms with van der Waals surface area (Å²) in [6.45, 7) is 1.99. The van der Waals surface area contributed by atoms with E-state index in [9.17, 15) is 0 Å². The molecular weight excluding hydrogens is 244 g/mol. The first-order valence-electron chi connectivity index (χ1n) is 4.67. The van der Waals surface area contributed by atoms with Crippen LogP contribution in [0.1, 0.15) is 5.56 Å². The van der Waals surface area contributed by atoms with E-state index in [1.165, 1.54) is 11.3 Å². The lowest BCUT2D eigenvalue weighted by Crippen LogP contribution is -1.89. The fourth-order valence-electron chi connectivity index (χ4n) is 1.45. The molecule has 0 fully saturated rings. The first-order chi connectivity index (χ1) is 7.61. The number of nitrogens with zero attached hydrogens (tertiary/aromatic N) is 1. The number of benzene rings is 1. The van der Waals surface area contributed by atoms with Crippen molar-refractivity contribution in [3.05, 3.63) is 28.1 Å². The van der Waals surface area contributed by atoms with Crippen LogP contribution in [0.4, 0.5) is 5.82 Å². The molecule has 0 aliphatic heterocycles. The van der Waals surface area contributed by atoms with Crippen LogP contribution in [0.3, 0.4) is 0 Å². The van der Waals surface area contributed by atoms with Crippen molar-refractivity contribution in [1.82, 2.24) is 4.98 Å². The number of nitrogen functional groups attached to an aromatic ring is 1. The Labute approximate surface area is 103 Å². The van der Waals surface area contributed by atoms with E-state index in [1.807, 2.05) is 24.4 Å². The predicted octanol–water partition coefficient (Wildman–Crippen LogP) is 3.36. The molecule has 0 spiro atoms. The van der Waals surface area contributed by atoms with Crippen molar-refractivity contribution in [2.75, 3.05) is 12.8 Å². The summed E-state index contributed by atoms with van der Waals surface area (Å²) in [7, 11) is 1.60. The van der Waals surface area contributed by atoms with Gasteiger partial charge in [-0.25, -0.2) is 4.98 Å². The second-order valence-electron chi connectivity index (χ2n) is 3.38. The SMILES string of the molecule is COc1cc(C)c(-c2nc(N)cs2)cc1Cl. The highest BCUT2D eigenvalue weighted by atomic mass is 35.5. The van der Waals surface area contributed by atoms with Crippen LogP contribution < -0.4 is 10.5 Å². The molecule has 1 aromatic heterocycles. The minimum absolute atomic E-state index is 0.534. The van der Waals surface area contributed by atoms with Gasteiger partial charge in [0.25, 0.3) is 0 Å². The average Bonchev–Trinajstić information content (AvgIpc) is 2.67. The van der Waals surface area contributed by atoms with Crippen LogP contribution in [0.25, 0.3) is 10.6 Å². The molecule has 1 heterocycles. The maximum atomic E-state index is 6.08. The zero-order chi connectivity index (χ0) is 11.7. The number of hydrogen-bond donors (Lipinski definition) is 1. The zero-order valence-electron chi connectivity index (χ0n) is 8.95. The molecule has 84 valence electrons. The Bertz CT molecular complexity index is 525. The smallest absolute Gasteiger partial charge is 0.137 e. The third kappa shape index (κ3) is 1.99. The lowest BCUT2D eigenvalue weighted by atomic mass is 10.1. The highest BCUT2D eigenvalue weighted by molar-refractivity contribution is 7.13. The Hall–Kier alpha value is -1.26. The topological polar surface area (TPSA) is 48.1 Å². The Morgan fingerprint density at radius 1 is 1.44 bits per heavy atom. The zero-order valence-corrected chi connectivity index (χ0v) is 10.5. The second-order valence-corrected chi connectivity index (χ2v) is 4.64. The molecule has 1 aromatic carbocycles. The van der Waals surface area contributed by atoms with Crippen molar-refractivity contribution in [1.29, 1.82) is 0 Å². The van der Waals surface area contributed by atoms with Crippen LogP contribution in [-0.4, -0.2) is 12.1 Å². The Morgan fingerprint density at radius 2 is 2.19 bits per heavy atom. The number of rotatable bonds is 2. The van der Waals surface area contributed by atoms with E-state index < -0.39 is 0 Å². The van der Waals surface area contributed by atoms with Gasteiger partial charge in [-0.3, -0.25) is 0 Å². The molecule has 0 saturated heterocycles. The number of thiazole rings is 1. The fraction of sp³-hybridized carbons (Fsp3) is 0.182. The molecule has 0 aliphatic carbocycles. The molecule has 0 unspecified atom stereocenters. The molecule has 2 N–H and O–H groups in total. The first-order valence-corrected chi connectivity index (χ1v) is 5.93. The maximum absolute atomic E-state index is 6.08. The van der Waals surface area contributed by atoms with E-state index in [0.717, 1.165) is 16.1 Å². The minimum Gasteiger partial charge on any atom is -0.495 e. The van der Waals surface area contributed by atoms with E-state index in [1.54, 1.807) is 7.11 Å². The molecule has 0 saturated carbocycles. The molecule has 2 aromatic rings. The molecule has 2 rings (SSSR count). The Balaban J connectivity index is 2.54. The first kappa shape index (κ1) is 11.2. The van der Waals surface area contributed by atoms with Crippen molar-refractivity contribution >= 4 is 28.8 Å². The summed E-state index contributed by atoms with van der Waals surface area (Å²) in [6.07, 6.45) is 0. The van der Waals surface area contributed by atoms with Gasteiger partial charge in [-0.15, -0.1) is 11.3 Å². The van der Waals surface area contributed by atoms with Gasteiger partial charge in [0, 0.05) is 10.9 Å². The van der Waals surface area contributed by atoms with Crippen molar-refractivity contribution in [2.45, 2.75) is 6.92 Å². The predicted molar refractivity (Wildman–Crippen MR) is 68.3 cm³/mol. The Morgan fingerprint density at radius 3 is 2.75 bits per heavy atom. The monoisotopic (exact) mass is 254 g/mol. The number of hydrogen-bond acceptors (Lipinski definition) is 4. The summed E-state index contributed by atoms with van der Waals surface area (Å²) in [4.78, 5) is 4.24. The van der Waals surface area contributed by atoms with Crippen LogP contribution in [0.15, 0.2) is 17.5 Å². The van der Waals surface area contributed by atoms with Crippen LogP contribution >= 0.6 is 22.9 Å². The molecule has 0 atom stereocenters. The van der Waals surface area contributed by atoms with Crippen LogP contribution in [0.5, 0.6) is 5.75 Å². The molecule has 5 heteroatoms. The molecule has 0 aliphatic rings. The maximum Gasteiger partial charge on any atom is 0.137 e. The highest BCUT2D eigenvalue weighted by Crippen LogP contribution is 2.34. The fourth-order valence-corrected chi connectivity index (χ4v) is 2.48. The molecule has 16 heavy (non-hydrogen) atoms. The summed E-state index contributed by atoms with van der Waals surface area (Å²) < 4.78 is 5.15. The van der Waals surface area contributed by atoms with Crippen molar-refractivity contribution in [3.8, 4) is 16.3 Å². The molecule has 0 amide bonds. The van der Waals surface area contributed by atoms with Gasteiger partial charge in [0.15, 0.2) is 0 Å². The molecule has 0 bridgehead atoms. The van der Waals surface area contributed by atoms with Crippen LogP contribution in [0, 0.1) is 6.92 Å². The van der Waals surface area contributed by atoms with Crippen molar-refractivity contribution in [2.24, 2.45) is 0 Å². The van der Waals surface area contributed by atoms with Gasteiger partial charge < -0.3 is 10.5 Å². The number of methoxy groups -OCH3 is 1. The van der Waals surface area contributed by atoms with Gasteiger partial charge in [-0.1, -0.05) is 11.6 Å². The van der Waals surface area contributed by atoms with E-state index in [-0.39, 0.29) is 0 Å². The minimum atomic E-state index is 0.534. The molecule has 0 radical (unpaired) electrons. The highest BCUT2D eigenvalue weighted by Gasteiger charge is 2.10. The quantitative estimate of drug-likeness (QED) is 0.894. The van der Waals surface area contributed by atoms with E-state index >= 15 is 0 Å². The third-order valence-corrected chi connectivity index (χ3v) is 3.44. The number of nitrogens with two attached hydrogens (primary N) is 1. The lowest BCUT2D eigenvalue weighted by Gasteiger charge is -2.07. The van der Waals surface area contributed by atoms with Crippen LogP contribution in [-0.2, 0) is 0 Å². The number of halogens is 1. The summed E-state index contributed by atoms with van der Waals surface area (Å²) in [5.74, 6) is 1.21. The van der Waals surface area contributed by atoms with Gasteiger partial charge in [0.1, 0.15) is 16.6 Å². The van der Waals surface area contributed by atoms with Gasteiger partial charge >= 0.3 is 0 Å². The summed E-state index contributed by atoms with van der Waals surface area (Å²) >= 11 is 7.58. The third-order valence-electron chi connectivity index (χ3n) is 2.25. The van der Waals surface area contributed by atoms with E-state index in [0.29, 0.717) is 16.6 Å². The number of anilines is 1. The number of aryl methyl sites for hydroxylation is 1. The summed E-state index contributed by atoms with van der Waals surface area (Å²) in [5, 5.41) is 3.27. The molecule has 3 nitrogen and oxygen atoms in total. The van der Waals surface area contributed by atoms with Crippen molar-refractivity contribution in [3.63, 3.8) is 0 Å². The second kappa shape index (κ2) is 4.31.